The molecule has 0 saturated carbocycles. The minimum absolute atomic E-state index is 0.0428. The molecule has 0 atom stereocenters. The van der Waals surface area contributed by atoms with Crippen molar-refractivity contribution in [1.82, 2.24) is 4.98 Å². The molecule has 38 heavy (non-hydrogen) atoms. The molecule has 0 unspecified atom stereocenters. The molecular weight excluding hydrogens is 499 g/mol. The number of benzene rings is 3. The average Bonchev–Trinajstić information content (AvgIpc) is 3.37. The van der Waals surface area contributed by atoms with E-state index in [9.17, 15) is 0 Å². The van der Waals surface area contributed by atoms with E-state index in [1.807, 2.05) is 28.9 Å². The van der Waals surface area contributed by atoms with E-state index in [2.05, 4.69) is 109 Å². The van der Waals surface area contributed by atoms with Crippen molar-refractivity contribution < 1.29 is 0 Å². The summed E-state index contributed by atoms with van der Waals surface area (Å²) in [6.45, 7) is 16.1. The number of aromatic nitrogens is 1. The molecule has 1 nitrogen and oxygen atoms in total. The molecular formula is C35H35NS2. The standard InChI is InChI=1S/C35H35NS2/c1-20(2)16-23-12-13-28-30(17-23)37-22(4)31(28)33-21(3)26-14-15-36-32(34(26)38-33)25-18-24-10-8-9-11-27(24)29(19-25)35(5,6)7/h8-15,17-20H,16H2,1-7H3. The number of pyridine rings is 1. The summed E-state index contributed by atoms with van der Waals surface area (Å²) in [5, 5.41) is 5.30. The van der Waals surface area contributed by atoms with Crippen LogP contribution in [0.1, 0.15) is 56.2 Å². The van der Waals surface area contributed by atoms with Crippen LogP contribution in [0.4, 0.5) is 0 Å². The van der Waals surface area contributed by atoms with Crippen LogP contribution >= 0.6 is 22.7 Å². The van der Waals surface area contributed by atoms with Crippen molar-refractivity contribution in [3.8, 4) is 21.7 Å². The van der Waals surface area contributed by atoms with Gasteiger partial charge in [0.2, 0.25) is 0 Å². The van der Waals surface area contributed by atoms with Gasteiger partial charge in [0.25, 0.3) is 0 Å². The van der Waals surface area contributed by atoms with E-state index in [-0.39, 0.29) is 5.41 Å². The zero-order valence-electron chi connectivity index (χ0n) is 23.4. The van der Waals surface area contributed by atoms with Gasteiger partial charge in [-0.15, -0.1) is 22.7 Å². The van der Waals surface area contributed by atoms with E-state index in [1.165, 1.54) is 68.5 Å². The summed E-state index contributed by atoms with van der Waals surface area (Å²) in [7, 11) is 0. The molecule has 0 spiro atoms. The highest BCUT2D eigenvalue weighted by molar-refractivity contribution is 7.24. The molecule has 3 heteroatoms. The average molecular weight is 534 g/mol. The molecule has 0 radical (unpaired) electrons. The van der Waals surface area contributed by atoms with Crippen molar-refractivity contribution in [3.63, 3.8) is 0 Å². The zero-order chi connectivity index (χ0) is 26.8. The summed E-state index contributed by atoms with van der Waals surface area (Å²) >= 11 is 3.84. The van der Waals surface area contributed by atoms with E-state index in [0.29, 0.717) is 5.92 Å². The highest BCUT2D eigenvalue weighted by Crippen LogP contribution is 2.48. The molecule has 0 aliphatic rings. The Kier molecular flexibility index (Phi) is 6.20. The molecule has 0 N–H and O–H groups in total. The Morgan fingerprint density at radius 1 is 0.842 bits per heavy atom. The minimum Gasteiger partial charge on any atom is -0.255 e. The van der Waals surface area contributed by atoms with Gasteiger partial charge in [-0.05, 0) is 88.7 Å². The summed E-state index contributed by atoms with van der Waals surface area (Å²) in [5.74, 6) is 0.664. The van der Waals surface area contributed by atoms with Crippen LogP contribution in [-0.4, -0.2) is 4.98 Å². The molecule has 6 rings (SSSR count). The molecule has 0 fully saturated rings. The highest BCUT2D eigenvalue weighted by atomic mass is 32.1. The Labute approximate surface area is 234 Å². The number of aryl methyl sites for hydroxylation is 2. The molecule has 0 saturated heterocycles. The number of hydrogen-bond acceptors (Lipinski definition) is 3. The molecule has 3 heterocycles. The van der Waals surface area contributed by atoms with Gasteiger partial charge in [0.15, 0.2) is 0 Å². The van der Waals surface area contributed by atoms with Crippen LogP contribution in [-0.2, 0) is 11.8 Å². The third-order valence-electron chi connectivity index (χ3n) is 7.60. The summed E-state index contributed by atoms with van der Waals surface area (Å²) in [5.41, 5.74) is 7.91. The first-order valence-electron chi connectivity index (χ1n) is 13.6. The van der Waals surface area contributed by atoms with Crippen LogP contribution in [0.3, 0.4) is 0 Å². The second-order valence-electron chi connectivity index (χ2n) is 12.0. The Balaban J connectivity index is 1.56. The lowest BCUT2D eigenvalue weighted by Gasteiger charge is -2.22. The molecule has 3 aromatic carbocycles. The number of rotatable bonds is 4. The van der Waals surface area contributed by atoms with Crippen LogP contribution in [0.15, 0.2) is 66.9 Å². The van der Waals surface area contributed by atoms with Crippen molar-refractivity contribution in [2.45, 2.75) is 60.3 Å². The zero-order valence-corrected chi connectivity index (χ0v) is 25.0. The van der Waals surface area contributed by atoms with Gasteiger partial charge in [-0.2, -0.15) is 0 Å². The van der Waals surface area contributed by atoms with E-state index >= 15 is 0 Å². The fourth-order valence-electron chi connectivity index (χ4n) is 5.80. The molecule has 192 valence electrons. The largest absolute Gasteiger partial charge is 0.255 e. The number of hydrogen-bond donors (Lipinski definition) is 0. The molecule has 0 amide bonds. The van der Waals surface area contributed by atoms with Crippen molar-refractivity contribution in [3.05, 3.63) is 88.4 Å². The molecule has 0 aliphatic heterocycles. The van der Waals surface area contributed by atoms with Crippen LogP contribution in [0.2, 0.25) is 0 Å². The van der Waals surface area contributed by atoms with Crippen LogP contribution in [0, 0.1) is 19.8 Å². The van der Waals surface area contributed by atoms with Gasteiger partial charge in [-0.25, -0.2) is 0 Å². The predicted molar refractivity (Wildman–Crippen MR) is 170 cm³/mol. The van der Waals surface area contributed by atoms with E-state index in [1.54, 1.807) is 0 Å². The van der Waals surface area contributed by atoms with Crippen LogP contribution in [0.5, 0.6) is 0 Å². The monoisotopic (exact) mass is 533 g/mol. The Morgan fingerprint density at radius 3 is 2.39 bits per heavy atom. The highest BCUT2D eigenvalue weighted by Gasteiger charge is 2.22. The third kappa shape index (κ3) is 4.26. The summed E-state index contributed by atoms with van der Waals surface area (Å²) in [6.07, 6.45) is 3.12. The van der Waals surface area contributed by atoms with Crippen molar-refractivity contribution in [2.24, 2.45) is 5.92 Å². The maximum atomic E-state index is 4.98. The predicted octanol–water partition coefficient (Wildman–Crippen LogP) is 11.1. The lowest BCUT2D eigenvalue weighted by molar-refractivity contribution is 0.596. The first-order valence-corrected chi connectivity index (χ1v) is 15.2. The third-order valence-corrected chi connectivity index (χ3v) is 10.00. The summed E-state index contributed by atoms with van der Waals surface area (Å²) in [4.78, 5) is 7.76. The van der Waals surface area contributed by atoms with Gasteiger partial charge in [-0.3, -0.25) is 4.98 Å². The van der Waals surface area contributed by atoms with E-state index in [4.69, 9.17) is 4.98 Å². The Bertz CT molecular complexity index is 1820. The molecule has 0 bridgehead atoms. The number of thiophene rings is 2. The van der Waals surface area contributed by atoms with Gasteiger partial charge in [-0.1, -0.05) is 71.0 Å². The summed E-state index contributed by atoms with van der Waals surface area (Å²) < 4.78 is 2.68. The maximum absolute atomic E-state index is 4.98. The smallest absolute Gasteiger partial charge is 0.0880 e. The molecule has 6 aromatic rings. The van der Waals surface area contributed by atoms with Crippen LogP contribution < -0.4 is 0 Å². The Morgan fingerprint density at radius 2 is 1.63 bits per heavy atom. The number of nitrogens with zero attached hydrogens (tertiary/aromatic N) is 1. The van der Waals surface area contributed by atoms with Crippen molar-refractivity contribution in [1.29, 1.82) is 0 Å². The van der Waals surface area contributed by atoms with Gasteiger partial charge in [0, 0.05) is 37.2 Å². The minimum atomic E-state index is 0.0428. The first-order chi connectivity index (χ1) is 18.1. The topological polar surface area (TPSA) is 12.9 Å². The SMILES string of the molecule is Cc1sc2cc(CC(C)C)ccc2c1-c1sc2c(-c3cc(C(C)(C)C)c4ccccc4c3)nccc2c1C. The van der Waals surface area contributed by atoms with Gasteiger partial charge >= 0.3 is 0 Å². The fourth-order valence-corrected chi connectivity index (χ4v) is 8.43. The van der Waals surface area contributed by atoms with Gasteiger partial charge in [0.05, 0.1) is 10.4 Å². The van der Waals surface area contributed by atoms with Gasteiger partial charge < -0.3 is 0 Å². The van der Waals surface area contributed by atoms with E-state index < -0.39 is 0 Å². The van der Waals surface area contributed by atoms with Gasteiger partial charge in [0.1, 0.15) is 0 Å². The second kappa shape index (κ2) is 9.32. The first kappa shape index (κ1) is 25.3. The fraction of sp³-hybridized carbons (Fsp3) is 0.286. The number of fused-ring (bicyclic) bond motifs is 3. The molecule has 3 aromatic heterocycles. The van der Waals surface area contributed by atoms with Crippen LogP contribution in [0.25, 0.3) is 52.6 Å². The Hall–Kier alpha value is -3.01. The van der Waals surface area contributed by atoms with Crippen molar-refractivity contribution in [2.75, 3.05) is 0 Å². The lowest BCUT2D eigenvalue weighted by Crippen LogP contribution is -2.12. The normalized spacial score (nSPS) is 12.4. The van der Waals surface area contributed by atoms with E-state index in [0.717, 1.165) is 12.1 Å². The summed E-state index contributed by atoms with van der Waals surface area (Å²) in [6, 6.07) is 22.8. The lowest BCUT2D eigenvalue weighted by atomic mass is 9.82. The quantitative estimate of drug-likeness (QED) is 0.220. The molecule has 0 aliphatic carbocycles. The van der Waals surface area contributed by atoms with Crippen molar-refractivity contribution >= 4 is 53.6 Å². The second-order valence-corrected chi connectivity index (χ2v) is 14.3. The maximum Gasteiger partial charge on any atom is 0.0880 e.